The number of carbonyl (C=O) groups is 1. The van der Waals surface area contributed by atoms with Crippen LogP contribution in [0.5, 0.6) is 0 Å². The van der Waals surface area contributed by atoms with Crippen molar-refractivity contribution in [2.75, 3.05) is 39.3 Å². The first-order valence-electron chi connectivity index (χ1n) is 9.20. The number of piperidine rings is 1. The molecule has 25 heavy (non-hydrogen) atoms. The first kappa shape index (κ1) is 16.9. The predicted molar refractivity (Wildman–Crippen MR) is 90.0 cm³/mol. The van der Waals surface area contributed by atoms with Gasteiger partial charge in [-0.15, -0.1) is 0 Å². The van der Waals surface area contributed by atoms with Gasteiger partial charge in [0.1, 0.15) is 6.33 Å². The van der Waals surface area contributed by atoms with E-state index in [9.17, 15) is 9.90 Å². The fraction of sp³-hybridized carbons (Fsp3) is 0.824. The van der Waals surface area contributed by atoms with Crippen LogP contribution in [0.1, 0.15) is 36.3 Å². The van der Waals surface area contributed by atoms with Crippen molar-refractivity contribution in [3.63, 3.8) is 0 Å². The van der Waals surface area contributed by atoms with Crippen LogP contribution >= 0.6 is 0 Å². The van der Waals surface area contributed by atoms with Gasteiger partial charge in [0, 0.05) is 39.8 Å². The van der Waals surface area contributed by atoms with Gasteiger partial charge in [0.25, 0.3) is 5.91 Å². The van der Waals surface area contributed by atoms with E-state index in [4.69, 9.17) is 4.74 Å². The molecular formula is C17H27N5O3. The number of β-amino-alcohol motifs (C(OH)–C–C–N with tert-alkyl or cyclic N) is 1. The van der Waals surface area contributed by atoms with Gasteiger partial charge in [-0.1, -0.05) is 0 Å². The molecule has 0 saturated carbocycles. The van der Waals surface area contributed by atoms with Crippen LogP contribution in [0.2, 0.25) is 0 Å². The predicted octanol–water partition coefficient (Wildman–Crippen LogP) is -0.107. The molecule has 0 radical (unpaired) electrons. The fourth-order valence-electron chi connectivity index (χ4n) is 4.44. The minimum Gasteiger partial charge on any atom is -0.392 e. The summed E-state index contributed by atoms with van der Waals surface area (Å²) in [7, 11) is 1.75. The lowest BCUT2D eigenvalue weighted by Crippen LogP contribution is -2.44. The molecule has 1 aromatic rings. The van der Waals surface area contributed by atoms with E-state index < -0.39 is 0 Å². The van der Waals surface area contributed by atoms with E-state index in [0.717, 1.165) is 65.0 Å². The van der Waals surface area contributed by atoms with Crippen LogP contribution in [0.3, 0.4) is 0 Å². The first-order valence-corrected chi connectivity index (χ1v) is 9.20. The molecule has 2 atom stereocenters. The van der Waals surface area contributed by atoms with Crippen LogP contribution in [0.15, 0.2) is 6.33 Å². The van der Waals surface area contributed by atoms with Crippen molar-refractivity contribution in [3.05, 3.63) is 12.2 Å². The topological polar surface area (TPSA) is 83.7 Å². The normalized spacial score (nSPS) is 29.6. The molecule has 4 heterocycles. The minimum atomic E-state index is -0.176. The van der Waals surface area contributed by atoms with E-state index in [1.54, 1.807) is 7.05 Å². The van der Waals surface area contributed by atoms with Crippen LogP contribution in [0, 0.1) is 5.41 Å². The number of amides is 1. The Balaban J connectivity index is 1.30. The molecule has 3 aliphatic heterocycles. The maximum Gasteiger partial charge on any atom is 0.291 e. The molecule has 1 aromatic heterocycles. The maximum atomic E-state index is 12.6. The number of carbonyl (C=O) groups excluding carboxylic acids is 1. The summed E-state index contributed by atoms with van der Waals surface area (Å²) in [6.07, 6.45) is 5.40. The van der Waals surface area contributed by atoms with Crippen molar-refractivity contribution in [3.8, 4) is 0 Å². The van der Waals surface area contributed by atoms with E-state index in [-0.39, 0.29) is 23.5 Å². The van der Waals surface area contributed by atoms with Crippen LogP contribution in [0.4, 0.5) is 0 Å². The van der Waals surface area contributed by atoms with Crippen molar-refractivity contribution < 1.29 is 14.6 Å². The summed E-state index contributed by atoms with van der Waals surface area (Å²) in [5.74, 6) is 0.375. The summed E-state index contributed by atoms with van der Waals surface area (Å²) in [5.41, 5.74) is 0.208. The van der Waals surface area contributed by atoms with Gasteiger partial charge in [-0.25, -0.2) is 9.67 Å². The third kappa shape index (κ3) is 3.43. The van der Waals surface area contributed by atoms with Gasteiger partial charge in [0.2, 0.25) is 5.82 Å². The molecule has 4 rings (SSSR count). The van der Waals surface area contributed by atoms with E-state index in [1.165, 1.54) is 11.0 Å². The molecule has 0 aliphatic carbocycles. The van der Waals surface area contributed by atoms with E-state index in [0.29, 0.717) is 5.82 Å². The Labute approximate surface area is 147 Å². The highest BCUT2D eigenvalue weighted by atomic mass is 16.5. The largest absolute Gasteiger partial charge is 0.392 e. The van der Waals surface area contributed by atoms with Gasteiger partial charge in [-0.3, -0.25) is 9.69 Å². The Hall–Kier alpha value is -1.51. The summed E-state index contributed by atoms with van der Waals surface area (Å²) in [6, 6.07) is 0. The minimum absolute atomic E-state index is 0.0311. The monoisotopic (exact) mass is 349 g/mol. The molecule has 8 heteroatoms. The number of ether oxygens (including phenoxy) is 1. The van der Waals surface area contributed by atoms with Gasteiger partial charge in [0.05, 0.1) is 18.8 Å². The summed E-state index contributed by atoms with van der Waals surface area (Å²) in [6.45, 7) is 4.95. The SMILES string of the molecule is Cn1ncnc1C(=O)N1CCC2(CC1)CO[C@@H](CN1CC[C@H](O)C1)C2. The second-order valence-electron chi connectivity index (χ2n) is 7.84. The molecule has 1 amide bonds. The van der Waals surface area contributed by atoms with Gasteiger partial charge in [-0.05, 0) is 31.1 Å². The van der Waals surface area contributed by atoms with Crippen molar-refractivity contribution >= 4 is 5.91 Å². The van der Waals surface area contributed by atoms with E-state index in [1.807, 2.05) is 4.90 Å². The van der Waals surface area contributed by atoms with Gasteiger partial charge >= 0.3 is 0 Å². The Morgan fingerprint density at radius 3 is 2.84 bits per heavy atom. The first-order chi connectivity index (χ1) is 12.0. The third-order valence-corrected chi connectivity index (χ3v) is 6.01. The molecular weight excluding hydrogens is 322 g/mol. The van der Waals surface area contributed by atoms with Crippen LogP contribution < -0.4 is 0 Å². The number of aryl methyl sites for hydroxylation is 1. The van der Waals surface area contributed by atoms with E-state index >= 15 is 0 Å². The highest BCUT2D eigenvalue weighted by Crippen LogP contribution is 2.42. The second kappa shape index (κ2) is 6.66. The molecule has 1 spiro atoms. The second-order valence-corrected chi connectivity index (χ2v) is 7.84. The Morgan fingerprint density at radius 2 is 2.20 bits per heavy atom. The molecule has 3 fully saturated rings. The molecule has 3 aliphatic rings. The Morgan fingerprint density at radius 1 is 1.40 bits per heavy atom. The molecule has 1 N–H and O–H groups in total. The number of rotatable bonds is 3. The number of aromatic nitrogens is 3. The summed E-state index contributed by atoms with van der Waals surface area (Å²) in [4.78, 5) is 20.8. The zero-order chi connectivity index (χ0) is 17.4. The van der Waals surface area contributed by atoms with Crippen LogP contribution in [-0.2, 0) is 11.8 Å². The van der Waals surface area contributed by atoms with Crippen LogP contribution in [0.25, 0.3) is 0 Å². The standard InChI is InChI=1S/C17H27N5O3/c1-20-15(18-12-19-20)16(24)22-6-3-17(4-7-22)8-14(25-11-17)10-21-5-2-13(23)9-21/h12-14,23H,2-11H2,1H3/t13-,14+/m0/s1. The molecule has 0 bridgehead atoms. The number of likely N-dealkylation sites (tertiary alicyclic amines) is 2. The van der Waals surface area contributed by atoms with Crippen molar-refractivity contribution in [1.29, 1.82) is 0 Å². The average Bonchev–Trinajstić information content (AvgIpc) is 3.30. The smallest absolute Gasteiger partial charge is 0.291 e. The lowest BCUT2D eigenvalue weighted by molar-refractivity contribution is 0.0442. The summed E-state index contributed by atoms with van der Waals surface area (Å²) >= 11 is 0. The fourth-order valence-corrected chi connectivity index (χ4v) is 4.44. The number of aliphatic hydroxyl groups excluding tert-OH is 1. The highest BCUT2D eigenvalue weighted by Gasteiger charge is 2.44. The number of hydrogen-bond acceptors (Lipinski definition) is 6. The maximum absolute atomic E-state index is 12.6. The highest BCUT2D eigenvalue weighted by molar-refractivity contribution is 5.90. The van der Waals surface area contributed by atoms with Crippen molar-refractivity contribution in [2.45, 2.75) is 37.9 Å². The molecule has 3 saturated heterocycles. The lowest BCUT2D eigenvalue weighted by atomic mass is 9.76. The number of aliphatic hydroxyl groups is 1. The van der Waals surface area contributed by atoms with Gasteiger partial charge in [-0.2, -0.15) is 5.10 Å². The quantitative estimate of drug-likeness (QED) is 0.820. The molecule has 8 nitrogen and oxygen atoms in total. The van der Waals surface area contributed by atoms with Gasteiger partial charge in [0.15, 0.2) is 0 Å². The van der Waals surface area contributed by atoms with Crippen LogP contribution in [-0.4, -0.2) is 87.1 Å². The van der Waals surface area contributed by atoms with Crippen molar-refractivity contribution in [2.24, 2.45) is 12.5 Å². The number of nitrogens with zero attached hydrogens (tertiary/aromatic N) is 5. The third-order valence-electron chi connectivity index (χ3n) is 6.01. The zero-order valence-electron chi connectivity index (χ0n) is 14.8. The average molecular weight is 349 g/mol. The molecule has 138 valence electrons. The van der Waals surface area contributed by atoms with Crippen molar-refractivity contribution in [1.82, 2.24) is 24.6 Å². The summed E-state index contributed by atoms with van der Waals surface area (Å²) < 4.78 is 7.61. The number of hydrogen-bond donors (Lipinski definition) is 1. The Bertz CT molecular complexity index is 626. The summed E-state index contributed by atoms with van der Waals surface area (Å²) in [5, 5.41) is 13.6. The lowest BCUT2D eigenvalue weighted by Gasteiger charge is -2.38. The van der Waals surface area contributed by atoms with Gasteiger partial charge < -0.3 is 14.7 Å². The Kier molecular flexibility index (Phi) is 4.51. The molecule has 0 aromatic carbocycles. The molecule has 0 unspecified atom stereocenters. The zero-order valence-corrected chi connectivity index (χ0v) is 14.8. The van der Waals surface area contributed by atoms with E-state index in [2.05, 4.69) is 15.0 Å².